The largest absolute Gasteiger partial charge is 0.341 e. The highest BCUT2D eigenvalue weighted by atomic mass is 16.6. The molecule has 0 saturated carbocycles. The molecule has 0 spiro atoms. The van der Waals surface area contributed by atoms with Crippen LogP contribution in [0.15, 0.2) is 36.5 Å². The third-order valence-corrected chi connectivity index (χ3v) is 2.80. The number of nitro benzene ring substituents is 2. The minimum atomic E-state index is -0.691. The minimum Gasteiger partial charge on any atom is -0.341 e. The Morgan fingerprint density at radius 2 is 1.90 bits per heavy atom. The number of carbonyl (C=O) groups is 1. The number of carbonyl (C=O) groups excluding carboxylic acids is 1. The van der Waals surface area contributed by atoms with Gasteiger partial charge < -0.3 is 4.57 Å². The van der Waals surface area contributed by atoms with E-state index in [0.717, 1.165) is 6.07 Å². The Morgan fingerprint density at radius 1 is 1.15 bits per heavy atom. The summed E-state index contributed by atoms with van der Waals surface area (Å²) in [7, 11) is 0. The number of rotatable bonds is 5. The van der Waals surface area contributed by atoms with Crippen LogP contribution in [0.5, 0.6) is 0 Å². The van der Waals surface area contributed by atoms with Gasteiger partial charge in [0.15, 0.2) is 6.29 Å². The minimum absolute atomic E-state index is 0.0926. The smallest absolute Gasteiger partial charge is 0.281 e. The molecule has 0 saturated heterocycles. The highest BCUT2D eigenvalue weighted by molar-refractivity contribution is 5.72. The molecule has 1 aromatic carbocycles. The zero-order valence-corrected chi connectivity index (χ0v) is 10.1. The van der Waals surface area contributed by atoms with Gasteiger partial charge in [-0.05, 0) is 18.2 Å². The lowest BCUT2D eigenvalue weighted by Crippen LogP contribution is -2.05. The molecule has 0 atom stereocenters. The van der Waals surface area contributed by atoms with Gasteiger partial charge in [-0.2, -0.15) is 0 Å². The number of benzene rings is 1. The van der Waals surface area contributed by atoms with Gasteiger partial charge in [0.25, 0.3) is 11.4 Å². The van der Waals surface area contributed by atoms with Gasteiger partial charge in [-0.3, -0.25) is 25.0 Å². The van der Waals surface area contributed by atoms with Gasteiger partial charge >= 0.3 is 0 Å². The molecular formula is C12H9N3O5. The van der Waals surface area contributed by atoms with E-state index >= 15 is 0 Å². The van der Waals surface area contributed by atoms with E-state index in [0.29, 0.717) is 17.5 Å². The number of hydrogen-bond acceptors (Lipinski definition) is 5. The number of aromatic nitrogens is 1. The second kappa shape index (κ2) is 5.31. The molecule has 0 aliphatic rings. The summed E-state index contributed by atoms with van der Waals surface area (Å²) in [5.41, 5.74) is -0.0223. The summed E-state index contributed by atoms with van der Waals surface area (Å²) in [6.07, 6.45) is 2.24. The van der Waals surface area contributed by atoms with Gasteiger partial charge in [0, 0.05) is 17.8 Å². The Morgan fingerprint density at radius 3 is 2.50 bits per heavy atom. The average molecular weight is 275 g/mol. The molecule has 0 amide bonds. The van der Waals surface area contributed by atoms with Gasteiger partial charge in [0.1, 0.15) is 0 Å². The summed E-state index contributed by atoms with van der Waals surface area (Å²) >= 11 is 0. The number of non-ortho nitro benzene ring substituents is 1. The second-order valence-electron chi connectivity index (χ2n) is 4.01. The lowest BCUT2D eigenvalue weighted by molar-refractivity contribution is -0.394. The third kappa shape index (κ3) is 2.53. The topological polar surface area (TPSA) is 108 Å². The Kier molecular flexibility index (Phi) is 3.56. The number of aldehydes is 1. The van der Waals surface area contributed by atoms with E-state index in [1.807, 2.05) is 0 Å². The molecule has 8 nitrogen and oxygen atoms in total. The molecular weight excluding hydrogens is 266 g/mol. The maximum Gasteiger partial charge on any atom is 0.281 e. The van der Waals surface area contributed by atoms with Crippen LogP contribution in [0.4, 0.5) is 11.4 Å². The predicted octanol–water partition coefficient (Wildman–Crippen LogP) is 2.17. The first kappa shape index (κ1) is 13.4. The fourth-order valence-corrected chi connectivity index (χ4v) is 1.83. The maximum absolute atomic E-state index is 11.0. The zero-order chi connectivity index (χ0) is 14.7. The summed E-state index contributed by atoms with van der Waals surface area (Å²) in [5.74, 6) is 0. The van der Waals surface area contributed by atoms with Crippen molar-refractivity contribution in [1.29, 1.82) is 0 Å². The van der Waals surface area contributed by atoms with Crippen molar-refractivity contribution in [3.05, 3.63) is 68.0 Å². The van der Waals surface area contributed by atoms with Gasteiger partial charge in [-0.15, -0.1) is 0 Å². The molecule has 0 N–H and O–H groups in total. The van der Waals surface area contributed by atoms with Crippen molar-refractivity contribution >= 4 is 17.7 Å². The van der Waals surface area contributed by atoms with E-state index in [4.69, 9.17) is 0 Å². The monoisotopic (exact) mass is 275 g/mol. The summed E-state index contributed by atoms with van der Waals surface area (Å²) in [6.45, 7) is 0.0926. The Bertz CT molecular complexity index is 692. The molecule has 0 aliphatic heterocycles. The summed E-state index contributed by atoms with van der Waals surface area (Å²) < 4.78 is 1.53. The first-order chi connectivity index (χ1) is 9.52. The van der Waals surface area contributed by atoms with E-state index in [1.54, 1.807) is 18.3 Å². The van der Waals surface area contributed by atoms with Gasteiger partial charge in [0.05, 0.1) is 28.2 Å². The maximum atomic E-state index is 11.0. The van der Waals surface area contributed by atoms with E-state index in [-0.39, 0.29) is 17.9 Å². The Hall–Kier alpha value is -3.03. The van der Waals surface area contributed by atoms with E-state index < -0.39 is 9.85 Å². The summed E-state index contributed by atoms with van der Waals surface area (Å²) in [4.78, 5) is 31.1. The van der Waals surface area contributed by atoms with Crippen LogP contribution in [0.1, 0.15) is 16.1 Å². The molecule has 20 heavy (non-hydrogen) atoms. The average Bonchev–Trinajstić information content (AvgIpc) is 2.85. The Balaban J connectivity index is 2.43. The van der Waals surface area contributed by atoms with Crippen LogP contribution in [0.2, 0.25) is 0 Å². The molecule has 102 valence electrons. The molecule has 0 unspecified atom stereocenters. The third-order valence-electron chi connectivity index (χ3n) is 2.80. The molecule has 8 heteroatoms. The molecule has 0 radical (unpaired) electrons. The second-order valence-corrected chi connectivity index (χ2v) is 4.01. The molecule has 1 heterocycles. The quantitative estimate of drug-likeness (QED) is 0.472. The van der Waals surface area contributed by atoms with Crippen LogP contribution in [0, 0.1) is 20.2 Å². The molecule has 1 aromatic heterocycles. The van der Waals surface area contributed by atoms with Crippen molar-refractivity contribution in [3.63, 3.8) is 0 Å². The fourth-order valence-electron chi connectivity index (χ4n) is 1.83. The highest BCUT2D eigenvalue weighted by Crippen LogP contribution is 2.25. The van der Waals surface area contributed by atoms with Crippen LogP contribution in [0.3, 0.4) is 0 Å². The SMILES string of the molecule is O=Cc1cccn1Cc1ccc([N+](=O)[O-])cc1[N+](=O)[O-]. The van der Waals surface area contributed by atoms with Crippen molar-refractivity contribution in [3.8, 4) is 0 Å². The standard InChI is InChI=1S/C12H9N3O5/c16-8-11-2-1-5-13(11)7-9-3-4-10(14(17)18)6-12(9)15(19)20/h1-6,8H,7H2. The van der Waals surface area contributed by atoms with Crippen molar-refractivity contribution in [2.45, 2.75) is 6.54 Å². The lowest BCUT2D eigenvalue weighted by Gasteiger charge is -2.06. The van der Waals surface area contributed by atoms with Crippen molar-refractivity contribution in [2.24, 2.45) is 0 Å². The van der Waals surface area contributed by atoms with Crippen LogP contribution >= 0.6 is 0 Å². The molecule has 0 aliphatic carbocycles. The normalized spacial score (nSPS) is 10.2. The highest BCUT2D eigenvalue weighted by Gasteiger charge is 2.19. The number of hydrogen-bond donors (Lipinski definition) is 0. The van der Waals surface area contributed by atoms with E-state index in [2.05, 4.69) is 0 Å². The number of nitrogens with zero attached hydrogens (tertiary/aromatic N) is 3. The first-order valence-corrected chi connectivity index (χ1v) is 5.55. The zero-order valence-electron chi connectivity index (χ0n) is 10.1. The van der Waals surface area contributed by atoms with Gasteiger partial charge in [-0.1, -0.05) is 0 Å². The lowest BCUT2D eigenvalue weighted by atomic mass is 10.1. The van der Waals surface area contributed by atoms with Crippen LogP contribution < -0.4 is 0 Å². The molecule has 2 rings (SSSR count). The Labute approximate surface area is 112 Å². The fraction of sp³-hybridized carbons (Fsp3) is 0.0833. The molecule has 2 aromatic rings. The van der Waals surface area contributed by atoms with Crippen LogP contribution in [-0.2, 0) is 6.54 Å². The van der Waals surface area contributed by atoms with Crippen molar-refractivity contribution < 1.29 is 14.6 Å². The number of nitro groups is 2. The van der Waals surface area contributed by atoms with Crippen LogP contribution in [-0.4, -0.2) is 20.7 Å². The molecule has 0 bridgehead atoms. The van der Waals surface area contributed by atoms with Crippen molar-refractivity contribution in [2.75, 3.05) is 0 Å². The van der Waals surface area contributed by atoms with E-state index in [9.17, 15) is 25.0 Å². The summed E-state index contributed by atoms with van der Waals surface area (Å²) in [5, 5.41) is 21.6. The van der Waals surface area contributed by atoms with E-state index in [1.165, 1.54) is 16.7 Å². The summed E-state index contributed by atoms with van der Waals surface area (Å²) in [6, 6.07) is 6.65. The molecule has 0 fully saturated rings. The first-order valence-electron chi connectivity index (χ1n) is 5.55. The predicted molar refractivity (Wildman–Crippen MR) is 68.7 cm³/mol. The van der Waals surface area contributed by atoms with Gasteiger partial charge in [-0.25, -0.2) is 0 Å². The van der Waals surface area contributed by atoms with Crippen LogP contribution in [0.25, 0.3) is 0 Å². The van der Waals surface area contributed by atoms with Gasteiger partial charge in [0.2, 0.25) is 0 Å². The van der Waals surface area contributed by atoms with Crippen molar-refractivity contribution in [1.82, 2.24) is 4.57 Å².